The molecule has 1 amide bonds. The van der Waals surface area contributed by atoms with E-state index in [0.29, 0.717) is 37.7 Å². The van der Waals surface area contributed by atoms with E-state index >= 15 is 0 Å². The zero-order chi connectivity index (χ0) is 19.3. The van der Waals surface area contributed by atoms with Crippen LogP contribution in [0.15, 0.2) is 48.9 Å². The van der Waals surface area contributed by atoms with E-state index in [1.165, 1.54) is 6.33 Å². The number of benzene rings is 1. The predicted molar refractivity (Wildman–Crippen MR) is 102 cm³/mol. The van der Waals surface area contributed by atoms with E-state index < -0.39 is 0 Å². The highest BCUT2D eigenvalue weighted by atomic mass is 35.5. The fraction of sp³-hybridized carbons (Fsp3) is 0.316. The van der Waals surface area contributed by atoms with Crippen LogP contribution in [0.3, 0.4) is 0 Å². The van der Waals surface area contributed by atoms with Crippen molar-refractivity contribution in [3.63, 3.8) is 0 Å². The van der Waals surface area contributed by atoms with E-state index in [4.69, 9.17) is 16.3 Å². The number of amides is 1. The highest BCUT2D eigenvalue weighted by Crippen LogP contribution is 2.25. The Morgan fingerprint density at radius 2 is 2.18 bits per heavy atom. The van der Waals surface area contributed by atoms with Gasteiger partial charge in [-0.25, -0.2) is 4.68 Å². The Kier molecular flexibility index (Phi) is 5.59. The van der Waals surface area contributed by atoms with Crippen molar-refractivity contribution in [2.75, 3.05) is 19.7 Å². The Morgan fingerprint density at radius 1 is 1.25 bits per heavy atom. The number of ether oxygens (including phenoxy) is 1. The lowest BCUT2D eigenvalue weighted by Gasteiger charge is -2.32. The monoisotopic (exact) mass is 398 g/mol. The van der Waals surface area contributed by atoms with Gasteiger partial charge in [-0.3, -0.25) is 9.78 Å². The highest BCUT2D eigenvalue weighted by molar-refractivity contribution is 6.30. The molecule has 3 heterocycles. The second-order valence-electron chi connectivity index (χ2n) is 6.50. The average molecular weight is 399 g/mol. The van der Waals surface area contributed by atoms with Crippen LogP contribution < -0.4 is 0 Å². The molecule has 4 rings (SSSR count). The number of hydrogen-bond donors (Lipinski definition) is 0. The molecule has 1 fully saturated rings. The Morgan fingerprint density at radius 3 is 2.93 bits per heavy atom. The Balaban J connectivity index is 1.39. The molecule has 1 aliphatic heterocycles. The van der Waals surface area contributed by atoms with Crippen LogP contribution in [0.4, 0.5) is 0 Å². The minimum Gasteiger partial charge on any atom is -0.368 e. The molecule has 0 aliphatic carbocycles. The fourth-order valence-electron chi connectivity index (χ4n) is 3.14. The Hall–Kier alpha value is -2.84. The quantitative estimate of drug-likeness (QED) is 0.655. The van der Waals surface area contributed by atoms with Crippen molar-refractivity contribution >= 4 is 17.5 Å². The summed E-state index contributed by atoms with van der Waals surface area (Å²) < 4.78 is 7.39. The van der Waals surface area contributed by atoms with E-state index in [9.17, 15) is 4.79 Å². The van der Waals surface area contributed by atoms with E-state index in [2.05, 4.69) is 20.5 Å². The van der Waals surface area contributed by atoms with E-state index in [0.717, 1.165) is 16.8 Å². The Bertz CT molecular complexity index is 932. The number of carbonyl (C=O) groups is 1. The number of morpholine rings is 1. The van der Waals surface area contributed by atoms with E-state index in [1.807, 2.05) is 47.5 Å². The molecule has 8 nitrogen and oxygen atoms in total. The second kappa shape index (κ2) is 8.45. The number of tetrazole rings is 1. The smallest absolute Gasteiger partial charge is 0.224 e. The number of halogens is 1. The maximum absolute atomic E-state index is 12.5. The molecule has 1 aromatic carbocycles. The standard InChI is InChI=1S/C19H19ClN6O2/c20-16-3-1-2-14(10-16)15-4-5-17(21-11-15)18-12-25(8-9-28-18)19(27)6-7-26-13-22-23-24-26/h1-5,10-11,13,18H,6-9,12H2/t18-/m1/s1. The lowest BCUT2D eigenvalue weighted by Crippen LogP contribution is -2.42. The molecule has 0 radical (unpaired) electrons. The normalized spacial score (nSPS) is 16.9. The van der Waals surface area contributed by atoms with Gasteiger partial charge in [-0.05, 0) is 34.2 Å². The number of aromatic nitrogens is 5. The number of nitrogens with zero attached hydrogens (tertiary/aromatic N) is 6. The third kappa shape index (κ3) is 4.35. The SMILES string of the molecule is O=C(CCn1cnnn1)N1CCO[C@@H](c2ccc(-c3cccc(Cl)c3)cn2)C1. The van der Waals surface area contributed by atoms with Crippen molar-refractivity contribution in [1.82, 2.24) is 30.1 Å². The molecular formula is C19H19ClN6O2. The summed E-state index contributed by atoms with van der Waals surface area (Å²) in [5.74, 6) is 0.0550. The summed E-state index contributed by atoms with van der Waals surface area (Å²) in [7, 11) is 0. The maximum atomic E-state index is 12.5. The molecule has 0 unspecified atom stereocenters. The largest absolute Gasteiger partial charge is 0.368 e. The van der Waals surface area contributed by atoms with Crippen LogP contribution in [0.2, 0.25) is 5.02 Å². The molecule has 9 heteroatoms. The molecule has 0 spiro atoms. The van der Waals surface area contributed by atoms with Gasteiger partial charge in [0.05, 0.1) is 25.4 Å². The topological polar surface area (TPSA) is 86.0 Å². The van der Waals surface area contributed by atoms with Gasteiger partial charge in [0.2, 0.25) is 5.91 Å². The molecule has 1 aliphatic rings. The molecule has 0 N–H and O–H groups in total. The highest BCUT2D eigenvalue weighted by Gasteiger charge is 2.26. The van der Waals surface area contributed by atoms with Crippen LogP contribution in [-0.4, -0.2) is 55.7 Å². The zero-order valence-corrected chi connectivity index (χ0v) is 15.9. The van der Waals surface area contributed by atoms with Gasteiger partial charge in [0.1, 0.15) is 12.4 Å². The maximum Gasteiger partial charge on any atom is 0.224 e. The molecule has 28 heavy (non-hydrogen) atoms. The summed E-state index contributed by atoms with van der Waals surface area (Å²) in [5.41, 5.74) is 2.80. The first kappa shape index (κ1) is 18.5. The van der Waals surface area contributed by atoms with Crippen LogP contribution in [0.5, 0.6) is 0 Å². The van der Waals surface area contributed by atoms with Crippen LogP contribution in [0, 0.1) is 0 Å². The van der Waals surface area contributed by atoms with Crippen molar-refractivity contribution < 1.29 is 9.53 Å². The number of aryl methyl sites for hydroxylation is 1. The van der Waals surface area contributed by atoms with E-state index in [1.54, 1.807) is 4.68 Å². The lowest BCUT2D eigenvalue weighted by atomic mass is 10.1. The van der Waals surface area contributed by atoms with Gasteiger partial charge in [-0.2, -0.15) is 0 Å². The van der Waals surface area contributed by atoms with Crippen molar-refractivity contribution in [1.29, 1.82) is 0 Å². The predicted octanol–water partition coefficient (Wildman–Crippen LogP) is 2.38. The van der Waals surface area contributed by atoms with Gasteiger partial charge >= 0.3 is 0 Å². The van der Waals surface area contributed by atoms with Crippen LogP contribution >= 0.6 is 11.6 Å². The summed E-state index contributed by atoms with van der Waals surface area (Å²) in [5, 5.41) is 11.6. The van der Waals surface area contributed by atoms with Gasteiger partial charge in [-0.15, -0.1) is 5.10 Å². The first-order chi connectivity index (χ1) is 13.7. The molecule has 1 saturated heterocycles. The summed E-state index contributed by atoms with van der Waals surface area (Å²) in [6.45, 7) is 2.00. The second-order valence-corrected chi connectivity index (χ2v) is 6.94. The number of hydrogen-bond acceptors (Lipinski definition) is 6. The van der Waals surface area contributed by atoms with Crippen LogP contribution in [-0.2, 0) is 16.1 Å². The van der Waals surface area contributed by atoms with Crippen molar-refractivity contribution in [2.24, 2.45) is 0 Å². The third-order valence-corrected chi connectivity index (χ3v) is 4.87. The minimum atomic E-state index is -0.237. The van der Waals surface area contributed by atoms with Crippen molar-refractivity contribution in [2.45, 2.75) is 19.1 Å². The third-order valence-electron chi connectivity index (χ3n) is 4.64. The molecule has 144 valence electrons. The van der Waals surface area contributed by atoms with Gasteiger partial charge in [-0.1, -0.05) is 29.8 Å². The summed E-state index contributed by atoms with van der Waals surface area (Å²) in [6, 6.07) is 11.6. The van der Waals surface area contributed by atoms with Gasteiger partial charge in [0.15, 0.2) is 0 Å². The molecule has 2 aromatic heterocycles. The summed E-state index contributed by atoms with van der Waals surface area (Å²) in [6.07, 6.45) is 3.42. The van der Waals surface area contributed by atoms with Crippen molar-refractivity contribution in [3.8, 4) is 11.1 Å². The molecule has 1 atom stereocenters. The van der Waals surface area contributed by atoms with E-state index in [-0.39, 0.29) is 12.0 Å². The first-order valence-corrected chi connectivity index (χ1v) is 9.39. The molecular weight excluding hydrogens is 380 g/mol. The lowest BCUT2D eigenvalue weighted by molar-refractivity contribution is -0.139. The summed E-state index contributed by atoms with van der Waals surface area (Å²) in [4.78, 5) is 18.9. The summed E-state index contributed by atoms with van der Waals surface area (Å²) >= 11 is 6.06. The number of pyridine rings is 1. The molecule has 0 saturated carbocycles. The van der Waals surface area contributed by atoms with Gasteiger partial charge < -0.3 is 9.64 Å². The first-order valence-electron chi connectivity index (χ1n) is 9.01. The number of carbonyl (C=O) groups excluding carboxylic acids is 1. The van der Waals surface area contributed by atoms with Gasteiger partial charge in [0.25, 0.3) is 0 Å². The Labute approximate surface area is 167 Å². The van der Waals surface area contributed by atoms with Crippen LogP contribution in [0.25, 0.3) is 11.1 Å². The molecule has 0 bridgehead atoms. The van der Waals surface area contributed by atoms with Crippen molar-refractivity contribution in [3.05, 3.63) is 59.6 Å². The average Bonchev–Trinajstić information content (AvgIpc) is 3.26. The fourth-order valence-corrected chi connectivity index (χ4v) is 3.33. The van der Waals surface area contributed by atoms with Gasteiger partial charge in [0, 0.05) is 29.7 Å². The minimum absolute atomic E-state index is 0.0550. The number of rotatable bonds is 5. The zero-order valence-electron chi connectivity index (χ0n) is 15.1. The molecule has 3 aromatic rings. The van der Waals surface area contributed by atoms with Crippen LogP contribution in [0.1, 0.15) is 18.2 Å².